The van der Waals surface area contributed by atoms with Crippen LogP contribution in [0.3, 0.4) is 0 Å². The van der Waals surface area contributed by atoms with E-state index in [4.69, 9.17) is 0 Å². The summed E-state index contributed by atoms with van der Waals surface area (Å²) in [5.74, 6) is 0.720. The van der Waals surface area contributed by atoms with Crippen LogP contribution in [-0.2, 0) is 0 Å². The Hall–Kier alpha value is -1.62. The Morgan fingerprint density at radius 1 is 1.53 bits per heavy atom. The summed E-state index contributed by atoms with van der Waals surface area (Å²) in [7, 11) is 5.78. The van der Waals surface area contributed by atoms with Gasteiger partial charge in [-0.25, -0.2) is 4.98 Å². The highest BCUT2D eigenvalue weighted by Crippen LogP contribution is 2.16. The minimum Gasteiger partial charge on any atom is -0.373 e. The molecule has 1 aliphatic heterocycles. The number of amides is 1. The van der Waals surface area contributed by atoms with Crippen LogP contribution in [0, 0.1) is 0 Å². The minimum absolute atomic E-state index is 0.00241. The molecular weight excluding hydrogens is 240 g/mol. The van der Waals surface area contributed by atoms with Crippen LogP contribution in [0.4, 0.5) is 5.82 Å². The van der Waals surface area contributed by atoms with Crippen LogP contribution in [0.5, 0.6) is 0 Å². The van der Waals surface area contributed by atoms with E-state index >= 15 is 0 Å². The highest BCUT2D eigenvalue weighted by molar-refractivity contribution is 5.92. The molecule has 0 aliphatic carbocycles. The zero-order chi connectivity index (χ0) is 13.8. The van der Waals surface area contributed by atoms with E-state index in [1.807, 2.05) is 24.1 Å². The third-order valence-electron chi connectivity index (χ3n) is 3.69. The van der Waals surface area contributed by atoms with E-state index in [9.17, 15) is 4.79 Å². The third-order valence-corrected chi connectivity index (χ3v) is 3.69. The van der Waals surface area contributed by atoms with E-state index in [0.717, 1.165) is 31.7 Å². The summed E-state index contributed by atoms with van der Waals surface area (Å²) in [6.07, 6.45) is 2.21. The van der Waals surface area contributed by atoms with Crippen molar-refractivity contribution in [1.29, 1.82) is 0 Å². The molecule has 2 rings (SSSR count). The second-order valence-electron chi connectivity index (χ2n) is 5.13. The lowest BCUT2D eigenvalue weighted by Crippen LogP contribution is -2.47. The number of pyridine rings is 1. The highest BCUT2D eigenvalue weighted by atomic mass is 16.2. The summed E-state index contributed by atoms with van der Waals surface area (Å²) >= 11 is 0. The largest absolute Gasteiger partial charge is 0.373 e. The Morgan fingerprint density at radius 2 is 2.32 bits per heavy atom. The molecule has 1 aromatic heterocycles. The molecule has 1 unspecified atom stereocenters. The van der Waals surface area contributed by atoms with E-state index < -0.39 is 0 Å². The molecule has 0 saturated carbocycles. The maximum atomic E-state index is 12.4. The van der Waals surface area contributed by atoms with Gasteiger partial charge in [-0.05, 0) is 38.6 Å². The molecule has 5 nitrogen and oxygen atoms in total. The van der Waals surface area contributed by atoms with E-state index in [1.54, 1.807) is 13.1 Å². The minimum atomic E-state index is -0.00241. The van der Waals surface area contributed by atoms with Crippen molar-refractivity contribution in [1.82, 2.24) is 14.8 Å². The number of hydrogen-bond acceptors (Lipinski definition) is 4. The lowest BCUT2D eigenvalue weighted by Gasteiger charge is -2.35. The van der Waals surface area contributed by atoms with Crippen molar-refractivity contribution < 1.29 is 4.79 Å². The van der Waals surface area contributed by atoms with E-state index in [2.05, 4.69) is 22.2 Å². The van der Waals surface area contributed by atoms with Crippen LogP contribution in [0.1, 0.15) is 23.3 Å². The fourth-order valence-electron chi connectivity index (χ4n) is 2.49. The molecule has 1 saturated heterocycles. The van der Waals surface area contributed by atoms with Gasteiger partial charge in [-0.3, -0.25) is 4.79 Å². The van der Waals surface area contributed by atoms with Gasteiger partial charge in [0.2, 0.25) is 0 Å². The number of nitrogens with one attached hydrogen (secondary N) is 1. The zero-order valence-corrected chi connectivity index (χ0v) is 11.9. The van der Waals surface area contributed by atoms with E-state index in [0.29, 0.717) is 5.69 Å². The molecule has 0 radical (unpaired) electrons. The van der Waals surface area contributed by atoms with Gasteiger partial charge in [0.15, 0.2) is 0 Å². The van der Waals surface area contributed by atoms with Crippen molar-refractivity contribution in [3.8, 4) is 0 Å². The van der Waals surface area contributed by atoms with Crippen molar-refractivity contribution in [2.24, 2.45) is 0 Å². The van der Waals surface area contributed by atoms with Crippen LogP contribution in [0.15, 0.2) is 18.2 Å². The number of hydrogen-bond donors (Lipinski definition) is 1. The average Bonchev–Trinajstić information content (AvgIpc) is 2.45. The zero-order valence-electron chi connectivity index (χ0n) is 11.9. The summed E-state index contributed by atoms with van der Waals surface area (Å²) in [6, 6.07) is 5.76. The molecular formula is C14H22N4O. The molecule has 0 spiro atoms. The van der Waals surface area contributed by atoms with Crippen LogP contribution in [-0.4, -0.2) is 61.0 Å². The number of likely N-dealkylation sites (N-methyl/N-ethyl adjacent to an activating group) is 2. The number of piperidine rings is 1. The predicted octanol–water partition coefficient (Wildman–Crippen LogP) is 1.29. The van der Waals surface area contributed by atoms with Crippen LogP contribution < -0.4 is 5.32 Å². The Morgan fingerprint density at radius 3 is 3.00 bits per heavy atom. The molecule has 1 fully saturated rings. The van der Waals surface area contributed by atoms with Gasteiger partial charge in [0.05, 0.1) is 0 Å². The Labute approximate surface area is 114 Å². The molecule has 1 aliphatic rings. The number of carbonyl (C=O) groups is 1. The second kappa shape index (κ2) is 6.02. The molecule has 0 aromatic carbocycles. The first kappa shape index (κ1) is 13.8. The summed E-state index contributed by atoms with van der Waals surface area (Å²) in [6.45, 7) is 2.06. The highest BCUT2D eigenvalue weighted by Gasteiger charge is 2.25. The lowest BCUT2D eigenvalue weighted by atomic mass is 10.0. The van der Waals surface area contributed by atoms with Crippen molar-refractivity contribution >= 4 is 11.7 Å². The first-order chi connectivity index (χ1) is 9.11. The summed E-state index contributed by atoms with van der Waals surface area (Å²) in [4.78, 5) is 20.9. The third kappa shape index (κ3) is 3.23. The molecule has 2 heterocycles. The molecule has 1 N–H and O–H groups in total. The van der Waals surface area contributed by atoms with Gasteiger partial charge >= 0.3 is 0 Å². The summed E-state index contributed by atoms with van der Waals surface area (Å²) < 4.78 is 0. The number of anilines is 1. The molecule has 1 aromatic rings. The second-order valence-corrected chi connectivity index (χ2v) is 5.13. The van der Waals surface area contributed by atoms with Gasteiger partial charge in [-0.15, -0.1) is 0 Å². The van der Waals surface area contributed by atoms with Crippen LogP contribution >= 0.6 is 0 Å². The molecule has 104 valence electrons. The average molecular weight is 262 g/mol. The number of carbonyl (C=O) groups excluding carboxylic acids is 1. The smallest absolute Gasteiger partial charge is 0.272 e. The normalized spacial score (nSPS) is 20.1. The summed E-state index contributed by atoms with van der Waals surface area (Å²) in [5, 5.41) is 2.96. The Balaban J connectivity index is 2.09. The topological polar surface area (TPSA) is 48.5 Å². The van der Waals surface area contributed by atoms with Gasteiger partial charge < -0.3 is 15.1 Å². The maximum absolute atomic E-state index is 12.4. The number of rotatable bonds is 3. The van der Waals surface area contributed by atoms with Crippen LogP contribution in [0.2, 0.25) is 0 Å². The van der Waals surface area contributed by atoms with Crippen molar-refractivity contribution in [3.05, 3.63) is 23.9 Å². The first-order valence-electron chi connectivity index (χ1n) is 6.72. The molecule has 1 amide bonds. The monoisotopic (exact) mass is 262 g/mol. The number of aromatic nitrogens is 1. The Kier molecular flexibility index (Phi) is 4.37. The van der Waals surface area contributed by atoms with Crippen molar-refractivity contribution in [2.45, 2.75) is 18.9 Å². The van der Waals surface area contributed by atoms with E-state index in [1.165, 1.54) is 0 Å². The van der Waals surface area contributed by atoms with Crippen LogP contribution in [0.25, 0.3) is 0 Å². The first-order valence-corrected chi connectivity index (χ1v) is 6.72. The van der Waals surface area contributed by atoms with Gasteiger partial charge in [0.25, 0.3) is 5.91 Å². The standard InChI is InChI=1S/C14H22N4O/c1-15-13-8-4-7-12(16-13)14(19)18(3)11-6-5-9-17(2)10-11/h4,7-8,11H,5-6,9-10H2,1-3H3,(H,15,16). The lowest BCUT2D eigenvalue weighted by molar-refractivity contribution is 0.0638. The summed E-state index contributed by atoms with van der Waals surface area (Å²) in [5.41, 5.74) is 0.502. The Bertz CT molecular complexity index is 449. The quantitative estimate of drug-likeness (QED) is 0.891. The number of likely N-dealkylation sites (tertiary alicyclic amines) is 1. The maximum Gasteiger partial charge on any atom is 0.272 e. The van der Waals surface area contributed by atoms with Crippen molar-refractivity contribution in [2.75, 3.05) is 39.5 Å². The predicted molar refractivity (Wildman–Crippen MR) is 76.4 cm³/mol. The van der Waals surface area contributed by atoms with Gasteiger partial charge in [-0.2, -0.15) is 0 Å². The van der Waals surface area contributed by atoms with E-state index in [-0.39, 0.29) is 11.9 Å². The number of nitrogens with zero attached hydrogens (tertiary/aromatic N) is 3. The van der Waals surface area contributed by atoms with Gasteiger partial charge in [0, 0.05) is 26.7 Å². The van der Waals surface area contributed by atoms with Crippen molar-refractivity contribution in [3.63, 3.8) is 0 Å². The SMILES string of the molecule is CNc1cccc(C(=O)N(C)C2CCCN(C)C2)n1. The molecule has 0 bridgehead atoms. The van der Waals surface area contributed by atoms with Gasteiger partial charge in [-0.1, -0.05) is 6.07 Å². The fraction of sp³-hybridized carbons (Fsp3) is 0.571. The molecule has 19 heavy (non-hydrogen) atoms. The molecule has 5 heteroatoms. The fourth-order valence-corrected chi connectivity index (χ4v) is 2.49. The van der Waals surface area contributed by atoms with Gasteiger partial charge in [0.1, 0.15) is 11.5 Å². The molecule has 1 atom stereocenters.